The van der Waals surface area contributed by atoms with Crippen molar-refractivity contribution < 1.29 is 13.2 Å². The van der Waals surface area contributed by atoms with Crippen LogP contribution in [0, 0.1) is 24.4 Å². The third-order valence-electron chi connectivity index (χ3n) is 3.02. The molecule has 0 saturated heterocycles. The van der Waals surface area contributed by atoms with Crippen molar-refractivity contribution in [2.24, 2.45) is 5.73 Å². The van der Waals surface area contributed by atoms with E-state index in [2.05, 4.69) is 0 Å². The van der Waals surface area contributed by atoms with Gasteiger partial charge in [-0.2, -0.15) is 0 Å². The maximum Gasteiger partial charge on any atom is 0.161 e. The lowest BCUT2D eigenvalue weighted by Crippen LogP contribution is -2.16. The highest BCUT2D eigenvalue weighted by molar-refractivity contribution is 6.31. The van der Waals surface area contributed by atoms with Gasteiger partial charge >= 0.3 is 0 Å². The molecule has 0 spiro atoms. The highest BCUT2D eigenvalue weighted by Crippen LogP contribution is 2.29. The summed E-state index contributed by atoms with van der Waals surface area (Å²) in [6.07, 6.45) is 0. The van der Waals surface area contributed by atoms with Crippen LogP contribution in [0.4, 0.5) is 13.2 Å². The molecule has 0 aliphatic heterocycles. The highest BCUT2D eigenvalue weighted by atomic mass is 35.5. The van der Waals surface area contributed by atoms with Crippen LogP contribution in [-0.2, 0) is 0 Å². The predicted molar refractivity (Wildman–Crippen MR) is 68.5 cm³/mol. The summed E-state index contributed by atoms with van der Waals surface area (Å²) in [5.41, 5.74) is 7.06. The van der Waals surface area contributed by atoms with Crippen LogP contribution in [-0.4, -0.2) is 0 Å². The third kappa shape index (κ3) is 2.60. The van der Waals surface area contributed by atoms with E-state index in [1.54, 1.807) is 25.1 Å². The summed E-state index contributed by atoms with van der Waals surface area (Å²) in [7, 11) is 0. The maximum atomic E-state index is 13.7. The van der Waals surface area contributed by atoms with Crippen molar-refractivity contribution in [3.05, 3.63) is 69.5 Å². The standard InChI is InChI=1S/C14H11ClF3N/c1-7-8(3-2-4-10(7)15)14(19)9-5-12(17)13(18)6-11(9)16/h2-6,14H,19H2,1H3. The van der Waals surface area contributed by atoms with Crippen molar-refractivity contribution in [3.8, 4) is 0 Å². The minimum absolute atomic E-state index is 0.107. The van der Waals surface area contributed by atoms with Gasteiger partial charge in [0.15, 0.2) is 11.6 Å². The van der Waals surface area contributed by atoms with Gasteiger partial charge in [0.05, 0.1) is 6.04 Å². The van der Waals surface area contributed by atoms with Gasteiger partial charge < -0.3 is 5.73 Å². The molecular weight excluding hydrogens is 275 g/mol. The Labute approximate surface area is 113 Å². The Morgan fingerprint density at radius 2 is 1.63 bits per heavy atom. The Morgan fingerprint density at radius 1 is 1.00 bits per heavy atom. The number of rotatable bonds is 2. The van der Waals surface area contributed by atoms with E-state index < -0.39 is 23.5 Å². The molecule has 1 atom stereocenters. The molecule has 2 aromatic carbocycles. The molecule has 0 aromatic heterocycles. The smallest absolute Gasteiger partial charge is 0.161 e. The lowest BCUT2D eigenvalue weighted by atomic mass is 9.95. The van der Waals surface area contributed by atoms with Gasteiger partial charge in [-0.1, -0.05) is 23.7 Å². The molecule has 5 heteroatoms. The van der Waals surface area contributed by atoms with Crippen LogP contribution < -0.4 is 5.73 Å². The minimum atomic E-state index is -1.24. The van der Waals surface area contributed by atoms with Gasteiger partial charge in [0.1, 0.15) is 5.82 Å². The van der Waals surface area contributed by atoms with E-state index in [9.17, 15) is 13.2 Å². The summed E-state index contributed by atoms with van der Waals surface area (Å²) < 4.78 is 39.8. The first-order chi connectivity index (χ1) is 8.91. The molecule has 100 valence electrons. The van der Waals surface area contributed by atoms with Crippen LogP contribution >= 0.6 is 11.6 Å². The maximum absolute atomic E-state index is 13.7. The second-order valence-electron chi connectivity index (χ2n) is 4.22. The molecule has 19 heavy (non-hydrogen) atoms. The Kier molecular flexibility index (Phi) is 3.83. The average Bonchev–Trinajstić information content (AvgIpc) is 2.36. The fourth-order valence-corrected chi connectivity index (χ4v) is 2.09. The summed E-state index contributed by atoms with van der Waals surface area (Å²) in [6, 6.07) is 5.37. The molecule has 0 aliphatic carbocycles. The second kappa shape index (κ2) is 5.23. The van der Waals surface area contributed by atoms with Gasteiger partial charge in [-0.05, 0) is 30.2 Å². The topological polar surface area (TPSA) is 26.0 Å². The number of hydrogen-bond donors (Lipinski definition) is 1. The van der Waals surface area contributed by atoms with Crippen molar-refractivity contribution in [2.45, 2.75) is 13.0 Å². The molecule has 0 amide bonds. The summed E-state index contributed by atoms with van der Waals surface area (Å²) in [5, 5.41) is 0.482. The monoisotopic (exact) mass is 285 g/mol. The lowest BCUT2D eigenvalue weighted by Gasteiger charge is -2.17. The van der Waals surface area contributed by atoms with Crippen LogP contribution in [0.15, 0.2) is 30.3 Å². The van der Waals surface area contributed by atoms with Gasteiger partial charge in [-0.25, -0.2) is 13.2 Å². The number of hydrogen-bond acceptors (Lipinski definition) is 1. The zero-order chi connectivity index (χ0) is 14.2. The summed E-state index contributed by atoms with van der Waals surface area (Å²) >= 11 is 5.96. The highest BCUT2D eigenvalue weighted by Gasteiger charge is 2.19. The molecule has 1 nitrogen and oxygen atoms in total. The van der Waals surface area contributed by atoms with E-state index in [1.807, 2.05) is 0 Å². The van der Waals surface area contributed by atoms with E-state index in [1.165, 1.54) is 0 Å². The van der Waals surface area contributed by atoms with Crippen molar-refractivity contribution in [3.63, 3.8) is 0 Å². The molecule has 0 saturated carbocycles. The first-order valence-electron chi connectivity index (χ1n) is 5.57. The summed E-state index contributed by atoms with van der Waals surface area (Å²) in [4.78, 5) is 0. The van der Waals surface area contributed by atoms with Crippen LogP contribution in [0.2, 0.25) is 5.02 Å². The first-order valence-corrected chi connectivity index (χ1v) is 5.94. The molecule has 2 N–H and O–H groups in total. The second-order valence-corrected chi connectivity index (χ2v) is 4.63. The Bertz CT molecular complexity index is 628. The van der Waals surface area contributed by atoms with Crippen LogP contribution in [0.1, 0.15) is 22.7 Å². The normalized spacial score (nSPS) is 12.5. The third-order valence-corrected chi connectivity index (χ3v) is 3.43. The molecule has 0 radical (unpaired) electrons. The Morgan fingerprint density at radius 3 is 2.32 bits per heavy atom. The molecule has 0 bridgehead atoms. The van der Waals surface area contributed by atoms with Crippen LogP contribution in [0.3, 0.4) is 0 Å². The molecular formula is C14H11ClF3N. The number of nitrogens with two attached hydrogens (primary N) is 1. The van der Waals surface area contributed by atoms with E-state index in [4.69, 9.17) is 17.3 Å². The van der Waals surface area contributed by atoms with Crippen molar-refractivity contribution in [1.82, 2.24) is 0 Å². The van der Waals surface area contributed by atoms with Crippen molar-refractivity contribution in [1.29, 1.82) is 0 Å². The lowest BCUT2D eigenvalue weighted by molar-refractivity contribution is 0.487. The molecule has 0 aliphatic rings. The predicted octanol–water partition coefficient (Wildman–Crippen LogP) is 4.11. The van der Waals surface area contributed by atoms with Gasteiger partial charge in [-0.3, -0.25) is 0 Å². The zero-order valence-corrected chi connectivity index (χ0v) is 10.8. The Balaban J connectivity index is 2.53. The molecule has 1 unspecified atom stereocenters. The molecule has 2 rings (SSSR count). The SMILES string of the molecule is Cc1c(Cl)cccc1C(N)c1cc(F)c(F)cc1F. The minimum Gasteiger partial charge on any atom is -0.320 e. The van der Waals surface area contributed by atoms with E-state index in [0.29, 0.717) is 22.2 Å². The fourth-order valence-electron chi connectivity index (χ4n) is 1.90. The van der Waals surface area contributed by atoms with Crippen molar-refractivity contribution in [2.75, 3.05) is 0 Å². The van der Waals surface area contributed by atoms with Crippen LogP contribution in [0.25, 0.3) is 0 Å². The molecule has 0 heterocycles. The zero-order valence-electron chi connectivity index (χ0n) is 10.1. The summed E-state index contributed by atoms with van der Waals surface area (Å²) in [6.45, 7) is 1.73. The van der Waals surface area contributed by atoms with E-state index in [-0.39, 0.29) is 5.56 Å². The number of benzene rings is 2. The largest absolute Gasteiger partial charge is 0.320 e. The molecule has 0 fully saturated rings. The van der Waals surface area contributed by atoms with Gasteiger partial charge in [-0.15, -0.1) is 0 Å². The van der Waals surface area contributed by atoms with E-state index >= 15 is 0 Å². The van der Waals surface area contributed by atoms with Gasteiger partial charge in [0.2, 0.25) is 0 Å². The Hall–Kier alpha value is -1.52. The first kappa shape index (κ1) is 13.9. The molecule has 2 aromatic rings. The quantitative estimate of drug-likeness (QED) is 0.826. The van der Waals surface area contributed by atoms with Gasteiger partial charge in [0.25, 0.3) is 0 Å². The number of halogens is 4. The van der Waals surface area contributed by atoms with E-state index in [0.717, 1.165) is 6.07 Å². The summed E-state index contributed by atoms with van der Waals surface area (Å²) in [5.74, 6) is -3.26. The van der Waals surface area contributed by atoms with Crippen molar-refractivity contribution >= 4 is 11.6 Å². The van der Waals surface area contributed by atoms with Crippen LogP contribution in [0.5, 0.6) is 0 Å². The average molecular weight is 286 g/mol. The van der Waals surface area contributed by atoms with Gasteiger partial charge in [0, 0.05) is 16.7 Å². The fraction of sp³-hybridized carbons (Fsp3) is 0.143.